The van der Waals surface area contributed by atoms with E-state index in [-0.39, 0.29) is 0 Å². The van der Waals surface area contributed by atoms with Gasteiger partial charge in [0.1, 0.15) is 0 Å². The molecule has 0 saturated carbocycles. The van der Waals surface area contributed by atoms with Crippen molar-refractivity contribution in [2.24, 2.45) is 4.99 Å². The highest BCUT2D eigenvalue weighted by Crippen LogP contribution is 2.20. The molecule has 2 aromatic carbocycles. The lowest BCUT2D eigenvalue weighted by Gasteiger charge is -2.05. The molecule has 0 aliphatic heterocycles. The molecule has 1 amide bonds. The zero-order chi connectivity index (χ0) is 20.8. The standard InChI is InChI=1S/C21H19N3O4S/c1-3-28-20(26)16-8-9-17-18(12-16)29-21(24(17)10-11-27-2)23-19(25)15-6-4-14(13-22)5-7-15/h4-9,12H,3,10-11H2,1-2H3. The van der Waals surface area contributed by atoms with Gasteiger partial charge in [-0.15, -0.1) is 0 Å². The third kappa shape index (κ3) is 4.59. The van der Waals surface area contributed by atoms with Crippen molar-refractivity contribution in [2.75, 3.05) is 20.3 Å². The number of benzene rings is 2. The van der Waals surface area contributed by atoms with Crippen LogP contribution in [0.4, 0.5) is 0 Å². The Morgan fingerprint density at radius 3 is 2.55 bits per heavy atom. The van der Waals surface area contributed by atoms with Gasteiger partial charge in [0.05, 0.1) is 40.6 Å². The minimum Gasteiger partial charge on any atom is -0.462 e. The molecule has 7 nitrogen and oxygen atoms in total. The quantitative estimate of drug-likeness (QED) is 0.583. The summed E-state index contributed by atoms with van der Waals surface area (Å²) in [5.74, 6) is -0.795. The van der Waals surface area contributed by atoms with E-state index in [1.165, 1.54) is 11.3 Å². The van der Waals surface area contributed by atoms with Gasteiger partial charge in [-0.05, 0) is 49.4 Å². The van der Waals surface area contributed by atoms with E-state index in [0.717, 1.165) is 10.2 Å². The third-order valence-electron chi connectivity index (χ3n) is 4.17. The fourth-order valence-electron chi connectivity index (χ4n) is 2.74. The maximum Gasteiger partial charge on any atom is 0.338 e. The number of hydrogen-bond acceptors (Lipinski definition) is 6. The van der Waals surface area contributed by atoms with Crippen LogP contribution < -0.4 is 4.80 Å². The van der Waals surface area contributed by atoms with Gasteiger partial charge in [-0.3, -0.25) is 4.79 Å². The van der Waals surface area contributed by atoms with Crippen molar-refractivity contribution in [3.8, 4) is 6.07 Å². The van der Waals surface area contributed by atoms with Crippen LogP contribution in [0.5, 0.6) is 0 Å². The molecule has 0 N–H and O–H groups in total. The second-order valence-electron chi connectivity index (χ2n) is 6.04. The van der Waals surface area contributed by atoms with Crippen LogP contribution in [0.3, 0.4) is 0 Å². The zero-order valence-corrected chi connectivity index (χ0v) is 16.9. The molecule has 1 aromatic heterocycles. The molecule has 0 saturated heterocycles. The first-order chi connectivity index (χ1) is 14.1. The van der Waals surface area contributed by atoms with Crippen molar-refractivity contribution in [3.05, 3.63) is 64.0 Å². The molecular formula is C21H19N3O4S. The first kappa shape index (κ1) is 20.5. The normalized spacial score (nSPS) is 11.4. The molecule has 8 heteroatoms. The van der Waals surface area contributed by atoms with E-state index >= 15 is 0 Å². The molecule has 0 bridgehead atoms. The second kappa shape index (κ2) is 9.28. The highest BCUT2D eigenvalue weighted by atomic mass is 32.1. The fraction of sp³-hybridized carbons (Fsp3) is 0.238. The molecule has 0 atom stereocenters. The van der Waals surface area contributed by atoms with E-state index in [0.29, 0.717) is 41.3 Å². The number of methoxy groups -OCH3 is 1. The molecule has 0 fully saturated rings. The minimum atomic E-state index is -0.405. The van der Waals surface area contributed by atoms with Crippen LogP contribution in [-0.4, -0.2) is 36.8 Å². The Balaban J connectivity index is 2.06. The monoisotopic (exact) mass is 409 g/mol. The van der Waals surface area contributed by atoms with E-state index < -0.39 is 11.9 Å². The molecule has 0 aliphatic rings. The van der Waals surface area contributed by atoms with Crippen molar-refractivity contribution >= 4 is 33.4 Å². The predicted molar refractivity (Wildman–Crippen MR) is 109 cm³/mol. The van der Waals surface area contributed by atoms with E-state index in [1.807, 2.05) is 16.7 Å². The van der Waals surface area contributed by atoms with E-state index in [1.54, 1.807) is 50.4 Å². The predicted octanol–water partition coefficient (Wildman–Crippen LogP) is 3.14. The Morgan fingerprint density at radius 1 is 1.17 bits per heavy atom. The van der Waals surface area contributed by atoms with Gasteiger partial charge in [-0.1, -0.05) is 11.3 Å². The summed E-state index contributed by atoms with van der Waals surface area (Å²) >= 11 is 1.31. The molecule has 29 heavy (non-hydrogen) atoms. The average Bonchev–Trinajstić information content (AvgIpc) is 3.08. The summed E-state index contributed by atoms with van der Waals surface area (Å²) in [6.07, 6.45) is 0. The fourth-order valence-corrected chi connectivity index (χ4v) is 3.83. The van der Waals surface area contributed by atoms with Crippen LogP contribution >= 0.6 is 11.3 Å². The number of hydrogen-bond donors (Lipinski definition) is 0. The molecule has 0 spiro atoms. The van der Waals surface area contributed by atoms with E-state index in [4.69, 9.17) is 14.7 Å². The van der Waals surface area contributed by atoms with Gasteiger partial charge >= 0.3 is 5.97 Å². The van der Waals surface area contributed by atoms with Gasteiger partial charge in [0.25, 0.3) is 5.91 Å². The third-order valence-corrected chi connectivity index (χ3v) is 5.21. The lowest BCUT2D eigenvalue weighted by atomic mass is 10.1. The first-order valence-electron chi connectivity index (χ1n) is 8.96. The van der Waals surface area contributed by atoms with Crippen molar-refractivity contribution < 1.29 is 19.1 Å². The second-order valence-corrected chi connectivity index (χ2v) is 7.05. The first-order valence-corrected chi connectivity index (χ1v) is 9.77. The van der Waals surface area contributed by atoms with Crippen molar-refractivity contribution in [2.45, 2.75) is 13.5 Å². The number of nitriles is 1. The van der Waals surface area contributed by atoms with Gasteiger partial charge in [0.15, 0.2) is 4.80 Å². The number of rotatable bonds is 6. The SMILES string of the molecule is CCOC(=O)c1ccc2c(c1)sc(=NC(=O)c1ccc(C#N)cc1)n2CCOC. The number of fused-ring (bicyclic) bond motifs is 1. The summed E-state index contributed by atoms with van der Waals surface area (Å²) in [4.78, 5) is 29.4. The number of ether oxygens (including phenoxy) is 2. The maximum atomic E-state index is 12.6. The summed E-state index contributed by atoms with van der Waals surface area (Å²) < 4.78 is 12.9. The Morgan fingerprint density at radius 2 is 1.90 bits per heavy atom. The number of amides is 1. The maximum absolute atomic E-state index is 12.6. The highest BCUT2D eigenvalue weighted by molar-refractivity contribution is 7.16. The van der Waals surface area contributed by atoms with Crippen LogP contribution in [0.2, 0.25) is 0 Å². The smallest absolute Gasteiger partial charge is 0.338 e. The molecule has 0 radical (unpaired) electrons. The van der Waals surface area contributed by atoms with Gasteiger partial charge in [-0.25, -0.2) is 4.79 Å². The molecule has 148 valence electrons. The molecule has 0 unspecified atom stereocenters. The Hall–Kier alpha value is -3.28. The average molecular weight is 409 g/mol. The summed E-state index contributed by atoms with van der Waals surface area (Å²) in [6.45, 7) is 3.01. The van der Waals surface area contributed by atoms with Gasteiger partial charge in [-0.2, -0.15) is 10.3 Å². The number of carbonyl (C=O) groups is 2. The summed E-state index contributed by atoms with van der Waals surface area (Å²) in [5, 5.41) is 8.89. The summed E-state index contributed by atoms with van der Waals surface area (Å²) in [7, 11) is 1.60. The highest BCUT2D eigenvalue weighted by Gasteiger charge is 2.13. The molecule has 3 rings (SSSR count). The number of carbonyl (C=O) groups excluding carboxylic acids is 2. The summed E-state index contributed by atoms with van der Waals surface area (Å²) in [6, 6.07) is 13.6. The number of aromatic nitrogens is 1. The van der Waals surface area contributed by atoms with Gasteiger partial charge < -0.3 is 14.0 Å². The largest absolute Gasteiger partial charge is 0.462 e. The van der Waals surface area contributed by atoms with Crippen LogP contribution in [0.15, 0.2) is 47.5 Å². The molecule has 3 aromatic rings. The van der Waals surface area contributed by atoms with E-state index in [2.05, 4.69) is 4.99 Å². The lowest BCUT2D eigenvalue weighted by Crippen LogP contribution is -2.19. The number of esters is 1. The van der Waals surface area contributed by atoms with Crippen LogP contribution in [0.1, 0.15) is 33.2 Å². The van der Waals surface area contributed by atoms with Gasteiger partial charge in [0, 0.05) is 19.2 Å². The lowest BCUT2D eigenvalue weighted by molar-refractivity contribution is 0.0526. The van der Waals surface area contributed by atoms with Crippen molar-refractivity contribution in [1.29, 1.82) is 5.26 Å². The minimum absolute atomic E-state index is 0.300. The number of nitrogens with zero attached hydrogens (tertiary/aromatic N) is 3. The van der Waals surface area contributed by atoms with Crippen LogP contribution in [0.25, 0.3) is 10.2 Å². The van der Waals surface area contributed by atoms with Crippen LogP contribution in [-0.2, 0) is 16.0 Å². The van der Waals surface area contributed by atoms with Crippen LogP contribution in [0, 0.1) is 11.3 Å². The van der Waals surface area contributed by atoms with Gasteiger partial charge in [0.2, 0.25) is 0 Å². The Labute approximate surface area is 171 Å². The molecule has 1 heterocycles. The Bertz CT molecular complexity index is 1150. The van der Waals surface area contributed by atoms with Crippen molar-refractivity contribution in [3.63, 3.8) is 0 Å². The summed E-state index contributed by atoms with van der Waals surface area (Å²) in [5.41, 5.74) is 2.17. The van der Waals surface area contributed by atoms with Crippen molar-refractivity contribution in [1.82, 2.24) is 4.57 Å². The topological polar surface area (TPSA) is 93.7 Å². The van der Waals surface area contributed by atoms with E-state index in [9.17, 15) is 9.59 Å². The Kier molecular flexibility index (Phi) is 6.54. The molecule has 0 aliphatic carbocycles. The number of thiazole rings is 1. The zero-order valence-electron chi connectivity index (χ0n) is 16.0. The molecular weight excluding hydrogens is 390 g/mol.